The fraction of sp³-hybridized carbons (Fsp3) is 0.263. The van der Waals surface area contributed by atoms with E-state index in [1.54, 1.807) is 12.3 Å². The first-order chi connectivity index (χ1) is 13.8. The van der Waals surface area contributed by atoms with Gasteiger partial charge < -0.3 is 10.6 Å². The Labute approximate surface area is 165 Å². The van der Waals surface area contributed by atoms with Crippen molar-refractivity contribution < 1.29 is 8.78 Å². The van der Waals surface area contributed by atoms with Crippen LogP contribution in [0.1, 0.15) is 5.56 Å². The van der Waals surface area contributed by atoms with Crippen LogP contribution in [0.15, 0.2) is 53.4 Å². The zero-order chi connectivity index (χ0) is 21.1. The van der Waals surface area contributed by atoms with Gasteiger partial charge in [0.1, 0.15) is 12.1 Å². The number of aromatic nitrogens is 5. The Morgan fingerprint density at radius 1 is 1.21 bits per heavy atom. The third kappa shape index (κ3) is 4.21. The molecule has 3 heterocycles. The molecule has 3 aromatic rings. The summed E-state index contributed by atoms with van der Waals surface area (Å²) in [6, 6.07) is 5.60. The monoisotopic (exact) mass is 401 g/mol. The van der Waals surface area contributed by atoms with Gasteiger partial charge in [-0.3, -0.25) is 4.98 Å². The summed E-state index contributed by atoms with van der Waals surface area (Å²) < 4.78 is 27.8. The van der Waals surface area contributed by atoms with E-state index < -0.39 is 11.8 Å². The lowest BCUT2D eigenvalue weighted by molar-refractivity contribution is 0.400. The van der Waals surface area contributed by atoms with E-state index in [4.69, 9.17) is 5.73 Å². The number of rotatable bonds is 6. The highest BCUT2D eigenvalue weighted by molar-refractivity contribution is 5.64. The topological polar surface area (TPSA) is 94.9 Å². The molecule has 3 rings (SSSR count). The second-order valence-corrected chi connectivity index (χ2v) is 6.67. The Morgan fingerprint density at radius 2 is 1.97 bits per heavy atom. The fourth-order valence-corrected chi connectivity index (χ4v) is 2.79. The molecule has 29 heavy (non-hydrogen) atoms. The Bertz CT molecular complexity index is 1100. The zero-order valence-electron chi connectivity index (χ0n) is 16.3. The smallest absolute Gasteiger partial charge is 0.350 e. The fourth-order valence-electron chi connectivity index (χ4n) is 2.79. The molecule has 8 nitrogen and oxygen atoms in total. The maximum absolute atomic E-state index is 12.8. The first-order valence-electron chi connectivity index (χ1n) is 8.80. The second kappa shape index (κ2) is 8.31. The van der Waals surface area contributed by atoms with E-state index in [0.717, 1.165) is 27.3 Å². The lowest BCUT2D eigenvalue weighted by Gasteiger charge is -2.12. The minimum Gasteiger partial charge on any atom is -0.363 e. The Balaban J connectivity index is 1.91. The van der Waals surface area contributed by atoms with Gasteiger partial charge in [-0.15, -0.1) is 0 Å². The van der Waals surface area contributed by atoms with Gasteiger partial charge in [0, 0.05) is 38.0 Å². The van der Waals surface area contributed by atoms with E-state index in [-0.39, 0.29) is 18.7 Å². The molecule has 0 aliphatic carbocycles. The highest BCUT2D eigenvalue weighted by atomic mass is 19.3. The molecule has 152 valence electrons. The normalized spacial score (nSPS) is 10.8. The molecule has 0 saturated heterocycles. The van der Waals surface area contributed by atoms with Gasteiger partial charge in [-0.05, 0) is 30.7 Å². The Kier molecular flexibility index (Phi) is 5.83. The Morgan fingerprint density at radius 3 is 2.52 bits per heavy atom. The largest absolute Gasteiger partial charge is 0.363 e. The van der Waals surface area contributed by atoms with Crippen LogP contribution in [0.2, 0.25) is 0 Å². The van der Waals surface area contributed by atoms with Crippen LogP contribution in [0.25, 0.3) is 16.9 Å². The van der Waals surface area contributed by atoms with Crippen LogP contribution >= 0.6 is 0 Å². The van der Waals surface area contributed by atoms with Crippen molar-refractivity contribution in [2.45, 2.75) is 13.5 Å². The highest BCUT2D eigenvalue weighted by Crippen LogP contribution is 2.23. The average molecular weight is 401 g/mol. The van der Waals surface area contributed by atoms with Crippen molar-refractivity contribution in [3.8, 4) is 16.9 Å². The van der Waals surface area contributed by atoms with Gasteiger partial charge in [-0.25, -0.2) is 19.0 Å². The lowest BCUT2D eigenvalue weighted by atomic mass is 10.1. The van der Waals surface area contributed by atoms with Gasteiger partial charge >= 0.3 is 5.69 Å². The average Bonchev–Trinajstić information content (AvgIpc) is 3.06. The number of aryl methyl sites for hydroxylation is 1. The van der Waals surface area contributed by atoms with Gasteiger partial charge in [-0.1, -0.05) is 0 Å². The molecule has 0 amide bonds. The number of hydrogen-bond donors (Lipinski definition) is 1. The molecule has 0 atom stereocenters. The second-order valence-electron chi connectivity index (χ2n) is 6.67. The van der Waals surface area contributed by atoms with Gasteiger partial charge in [-0.2, -0.15) is 13.9 Å². The number of nitrogens with two attached hydrogens (primary N) is 1. The van der Waals surface area contributed by atoms with E-state index in [0.29, 0.717) is 5.69 Å². The van der Waals surface area contributed by atoms with Crippen LogP contribution in [-0.4, -0.2) is 45.0 Å². The minimum atomic E-state index is -1.90. The summed E-state index contributed by atoms with van der Waals surface area (Å²) in [6.07, 6.45) is 2.65. The summed E-state index contributed by atoms with van der Waals surface area (Å²) in [5, 5.41) is 3.90. The van der Waals surface area contributed by atoms with Crippen molar-refractivity contribution in [2.24, 2.45) is 5.73 Å². The van der Waals surface area contributed by atoms with Gasteiger partial charge in [0.2, 0.25) is 0 Å². The minimum absolute atomic E-state index is 0.337. The predicted octanol–water partition coefficient (Wildman–Crippen LogP) is 1.97. The quantitative estimate of drug-likeness (QED) is 0.679. The maximum Gasteiger partial charge on any atom is 0.350 e. The van der Waals surface area contributed by atoms with E-state index >= 15 is 0 Å². The van der Waals surface area contributed by atoms with Crippen molar-refractivity contribution in [2.75, 3.05) is 25.5 Å². The molecule has 10 heteroatoms. The van der Waals surface area contributed by atoms with Crippen molar-refractivity contribution >= 4 is 5.82 Å². The first-order valence-corrected chi connectivity index (χ1v) is 8.80. The predicted molar refractivity (Wildman–Crippen MR) is 106 cm³/mol. The third-order valence-corrected chi connectivity index (χ3v) is 4.41. The van der Waals surface area contributed by atoms with Gasteiger partial charge in [0.05, 0.1) is 24.1 Å². The molecular formula is C19H21F2N7O. The SMILES string of the molecule is Cc1cc(-n2cnn(CC(CN)=C(F)F)c2=O)cnc1-c1ccc(N(C)C)nc1. The van der Waals surface area contributed by atoms with Crippen LogP contribution in [0.4, 0.5) is 14.6 Å². The number of pyridine rings is 2. The van der Waals surface area contributed by atoms with Crippen LogP contribution in [-0.2, 0) is 6.54 Å². The summed E-state index contributed by atoms with van der Waals surface area (Å²) in [4.78, 5) is 23.3. The van der Waals surface area contributed by atoms with Crippen LogP contribution in [0, 0.1) is 6.92 Å². The molecule has 0 radical (unpaired) electrons. The summed E-state index contributed by atoms with van der Waals surface area (Å²) in [7, 11) is 3.82. The zero-order valence-corrected chi connectivity index (χ0v) is 16.3. The molecule has 0 spiro atoms. The summed E-state index contributed by atoms with van der Waals surface area (Å²) in [5.41, 5.74) is 7.31. The number of hydrogen-bond acceptors (Lipinski definition) is 6. The molecule has 3 aromatic heterocycles. The van der Waals surface area contributed by atoms with Crippen LogP contribution in [0.3, 0.4) is 0 Å². The molecule has 0 bridgehead atoms. The van der Waals surface area contributed by atoms with E-state index in [1.807, 2.05) is 38.1 Å². The molecular weight excluding hydrogens is 380 g/mol. The molecule has 0 aliphatic rings. The van der Waals surface area contributed by atoms with Crippen molar-refractivity contribution in [3.63, 3.8) is 0 Å². The maximum atomic E-state index is 12.8. The van der Waals surface area contributed by atoms with Crippen molar-refractivity contribution in [1.29, 1.82) is 0 Å². The number of nitrogens with zero attached hydrogens (tertiary/aromatic N) is 6. The molecule has 0 aliphatic heterocycles. The Hall–Kier alpha value is -3.40. The summed E-state index contributed by atoms with van der Waals surface area (Å²) in [6.45, 7) is 1.16. The lowest BCUT2D eigenvalue weighted by Crippen LogP contribution is -2.26. The highest BCUT2D eigenvalue weighted by Gasteiger charge is 2.13. The van der Waals surface area contributed by atoms with Crippen LogP contribution in [0.5, 0.6) is 0 Å². The van der Waals surface area contributed by atoms with Crippen molar-refractivity contribution in [1.82, 2.24) is 24.3 Å². The van der Waals surface area contributed by atoms with E-state index in [1.165, 1.54) is 17.1 Å². The summed E-state index contributed by atoms with van der Waals surface area (Å²) in [5.74, 6) is 0.831. The van der Waals surface area contributed by atoms with E-state index in [9.17, 15) is 13.6 Å². The molecule has 0 fully saturated rings. The van der Waals surface area contributed by atoms with Gasteiger partial charge in [0.15, 0.2) is 0 Å². The number of halogens is 2. The molecule has 0 saturated carbocycles. The van der Waals surface area contributed by atoms with Crippen molar-refractivity contribution in [3.05, 3.63) is 64.6 Å². The first kappa shape index (κ1) is 20.3. The number of anilines is 1. The molecule has 0 aromatic carbocycles. The summed E-state index contributed by atoms with van der Waals surface area (Å²) >= 11 is 0. The third-order valence-electron chi connectivity index (χ3n) is 4.41. The van der Waals surface area contributed by atoms with Crippen LogP contribution < -0.4 is 16.3 Å². The standard InChI is InChI=1S/C19H21F2N7O/c1-12-6-15(9-24-17(12)13-4-5-16(23-8-13)26(2)3)27-11-25-28(19(27)29)10-14(7-22)18(20)21/h4-6,8-9,11H,7,10,22H2,1-3H3. The van der Waals surface area contributed by atoms with E-state index in [2.05, 4.69) is 15.1 Å². The molecule has 2 N–H and O–H groups in total. The molecule has 0 unspecified atom stereocenters. The van der Waals surface area contributed by atoms with Gasteiger partial charge in [0.25, 0.3) is 6.08 Å².